The average Bonchev–Trinajstić information content (AvgIpc) is 2.38. The van der Waals surface area contributed by atoms with Gasteiger partial charge >= 0.3 is 0 Å². The molecule has 18 heavy (non-hydrogen) atoms. The van der Waals surface area contributed by atoms with Crippen LogP contribution < -0.4 is 11.3 Å². The fourth-order valence-electron chi connectivity index (χ4n) is 1.79. The van der Waals surface area contributed by atoms with Gasteiger partial charge in [0.15, 0.2) is 5.82 Å². The summed E-state index contributed by atoms with van der Waals surface area (Å²) in [6.07, 6.45) is 0. The maximum atomic E-state index is 5.39. The Labute approximate surface area is 107 Å². The molecule has 0 radical (unpaired) electrons. The molecule has 1 heterocycles. The second-order valence-corrected chi connectivity index (χ2v) is 4.64. The first-order valence-electron chi connectivity index (χ1n) is 6.03. The summed E-state index contributed by atoms with van der Waals surface area (Å²) in [6, 6.07) is 10.1. The van der Waals surface area contributed by atoms with Crippen molar-refractivity contribution in [1.29, 1.82) is 0 Å². The molecule has 0 saturated heterocycles. The molecule has 0 aliphatic heterocycles. The maximum absolute atomic E-state index is 5.39. The van der Waals surface area contributed by atoms with Crippen molar-refractivity contribution in [3.63, 3.8) is 0 Å². The van der Waals surface area contributed by atoms with Gasteiger partial charge in [-0.3, -0.25) is 0 Å². The fourth-order valence-corrected chi connectivity index (χ4v) is 1.79. The van der Waals surface area contributed by atoms with Gasteiger partial charge in [0.2, 0.25) is 0 Å². The molecule has 4 heteroatoms. The van der Waals surface area contributed by atoms with Crippen molar-refractivity contribution in [3.8, 4) is 11.4 Å². The van der Waals surface area contributed by atoms with Crippen LogP contribution in [0.2, 0.25) is 0 Å². The van der Waals surface area contributed by atoms with Crippen molar-refractivity contribution in [2.45, 2.75) is 26.7 Å². The van der Waals surface area contributed by atoms with Crippen molar-refractivity contribution in [2.75, 3.05) is 5.43 Å². The van der Waals surface area contributed by atoms with Crippen LogP contribution in [-0.2, 0) is 0 Å². The minimum absolute atomic E-state index is 0.527. The summed E-state index contributed by atoms with van der Waals surface area (Å²) in [5.74, 6) is 7.24. The molecule has 0 aliphatic rings. The van der Waals surface area contributed by atoms with Gasteiger partial charge in [-0.15, -0.1) is 0 Å². The molecule has 0 atom stereocenters. The third-order valence-corrected chi connectivity index (χ3v) is 2.84. The minimum Gasteiger partial charge on any atom is -0.308 e. The van der Waals surface area contributed by atoms with Gasteiger partial charge in [0.1, 0.15) is 5.82 Å². The minimum atomic E-state index is 0.527. The number of hydrogen-bond donors (Lipinski definition) is 2. The van der Waals surface area contributed by atoms with Gasteiger partial charge in [0, 0.05) is 17.3 Å². The zero-order valence-electron chi connectivity index (χ0n) is 10.9. The van der Waals surface area contributed by atoms with Crippen LogP contribution in [0.1, 0.15) is 31.0 Å². The number of nitrogen functional groups attached to an aromatic ring is 1. The Morgan fingerprint density at radius 1 is 1.11 bits per heavy atom. The molecule has 3 N–H and O–H groups in total. The van der Waals surface area contributed by atoms with Crippen molar-refractivity contribution in [3.05, 3.63) is 41.6 Å². The second kappa shape index (κ2) is 5.14. The molecule has 0 spiro atoms. The van der Waals surface area contributed by atoms with E-state index < -0.39 is 0 Å². The summed E-state index contributed by atoms with van der Waals surface area (Å²) in [4.78, 5) is 8.77. The number of nitrogens with zero attached hydrogens (tertiary/aromatic N) is 2. The predicted octanol–water partition coefficient (Wildman–Crippen LogP) is 2.86. The Morgan fingerprint density at radius 3 is 2.33 bits per heavy atom. The van der Waals surface area contributed by atoms with Crippen LogP contribution in [0.5, 0.6) is 0 Å². The third kappa shape index (κ3) is 2.65. The van der Waals surface area contributed by atoms with Crippen molar-refractivity contribution >= 4 is 5.82 Å². The molecule has 0 fully saturated rings. The molecule has 0 amide bonds. The highest BCUT2D eigenvalue weighted by Crippen LogP contribution is 2.21. The van der Waals surface area contributed by atoms with E-state index in [0.717, 1.165) is 11.3 Å². The zero-order chi connectivity index (χ0) is 13.1. The lowest BCUT2D eigenvalue weighted by Gasteiger charge is -2.08. The number of aryl methyl sites for hydroxylation is 1. The smallest absolute Gasteiger partial charge is 0.161 e. The highest BCUT2D eigenvalue weighted by atomic mass is 15.3. The molecule has 1 aromatic carbocycles. The first kappa shape index (κ1) is 12.5. The van der Waals surface area contributed by atoms with E-state index in [0.29, 0.717) is 17.6 Å². The monoisotopic (exact) mass is 242 g/mol. The molecule has 2 rings (SSSR count). The number of rotatable bonds is 3. The van der Waals surface area contributed by atoms with Gasteiger partial charge in [-0.25, -0.2) is 15.8 Å². The number of nitrogens with two attached hydrogens (primary N) is 1. The predicted molar refractivity (Wildman–Crippen MR) is 74.1 cm³/mol. The number of aromatic nitrogens is 2. The number of hydrazine groups is 1. The van der Waals surface area contributed by atoms with Crippen LogP contribution in [0.3, 0.4) is 0 Å². The van der Waals surface area contributed by atoms with Crippen LogP contribution >= 0.6 is 0 Å². The highest BCUT2D eigenvalue weighted by Gasteiger charge is 2.05. The molecule has 0 unspecified atom stereocenters. The van der Waals surface area contributed by atoms with E-state index in [4.69, 9.17) is 5.84 Å². The molecule has 4 nitrogen and oxygen atoms in total. The molecule has 0 bridgehead atoms. The number of benzene rings is 1. The van der Waals surface area contributed by atoms with Gasteiger partial charge in [-0.1, -0.05) is 38.1 Å². The van der Waals surface area contributed by atoms with Crippen LogP contribution in [0.4, 0.5) is 5.82 Å². The molecular weight excluding hydrogens is 224 g/mol. The van der Waals surface area contributed by atoms with E-state index in [2.05, 4.69) is 41.4 Å². The molecule has 2 aromatic rings. The average molecular weight is 242 g/mol. The summed E-state index contributed by atoms with van der Waals surface area (Å²) in [7, 11) is 0. The first-order valence-corrected chi connectivity index (χ1v) is 6.03. The third-order valence-electron chi connectivity index (χ3n) is 2.84. The zero-order valence-corrected chi connectivity index (χ0v) is 10.9. The Kier molecular flexibility index (Phi) is 3.58. The van der Waals surface area contributed by atoms with Gasteiger partial charge in [0.05, 0.1) is 0 Å². The molecule has 94 valence electrons. The van der Waals surface area contributed by atoms with E-state index in [1.165, 1.54) is 5.56 Å². The van der Waals surface area contributed by atoms with Crippen LogP contribution in [-0.4, -0.2) is 9.97 Å². The fraction of sp³-hybridized carbons (Fsp3) is 0.286. The van der Waals surface area contributed by atoms with Crippen molar-refractivity contribution in [1.82, 2.24) is 9.97 Å². The Morgan fingerprint density at radius 2 is 1.78 bits per heavy atom. The van der Waals surface area contributed by atoms with Gasteiger partial charge in [-0.05, 0) is 18.4 Å². The largest absolute Gasteiger partial charge is 0.308 e. The topological polar surface area (TPSA) is 63.8 Å². The van der Waals surface area contributed by atoms with E-state index in [-0.39, 0.29) is 0 Å². The van der Waals surface area contributed by atoms with Crippen LogP contribution in [0.25, 0.3) is 11.4 Å². The Bertz CT molecular complexity index is 532. The Hall–Kier alpha value is -1.94. The Balaban J connectivity index is 2.39. The van der Waals surface area contributed by atoms with Crippen molar-refractivity contribution in [2.24, 2.45) is 5.84 Å². The lowest BCUT2D eigenvalue weighted by molar-refractivity contribution is 0.867. The normalized spacial score (nSPS) is 10.7. The maximum Gasteiger partial charge on any atom is 0.161 e. The van der Waals surface area contributed by atoms with Crippen LogP contribution in [0.15, 0.2) is 30.3 Å². The summed E-state index contributed by atoms with van der Waals surface area (Å²) < 4.78 is 0. The summed E-state index contributed by atoms with van der Waals surface area (Å²) in [5.41, 5.74) is 5.75. The second-order valence-electron chi connectivity index (χ2n) is 4.64. The molecule has 1 aromatic heterocycles. The van der Waals surface area contributed by atoms with Crippen molar-refractivity contribution < 1.29 is 0 Å². The summed E-state index contributed by atoms with van der Waals surface area (Å²) in [5, 5.41) is 0. The summed E-state index contributed by atoms with van der Waals surface area (Å²) >= 11 is 0. The van der Waals surface area contributed by atoms with Gasteiger partial charge < -0.3 is 5.43 Å². The molecular formula is C14H18N4. The number of anilines is 1. The standard InChI is InChI=1S/C14H18N4/c1-9(2)11-4-6-12(7-5-11)14-16-10(3)8-13(17-14)18-15/h4-9H,15H2,1-3H3,(H,16,17,18). The number of hydrogen-bond acceptors (Lipinski definition) is 4. The SMILES string of the molecule is Cc1cc(NN)nc(-c2ccc(C(C)C)cc2)n1. The van der Waals surface area contributed by atoms with Gasteiger partial charge in [-0.2, -0.15) is 0 Å². The van der Waals surface area contributed by atoms with E-state index in [1.807, 2.05) is 25.1 Å². The highest BCUT2D eigenvalue weighted by molar-refractivity contribution is 5.58. The lowest BCUT2D eigenvalue weighted by Crippen LogP contribution is -2.09. The quantitative estimate of drug-likeness (QED) is 0.641. The lowest BCUT2D eigenvalue weighted by atomic mass is 10.0. The van der Waals surface area contributed by atoms with E-state index in [9.17, 15) is 0 Å². The first-order chi connectivity index (χ1) is 8.60. The molecule has 0 saturated carbocycles. The molecule has 0 aliphatic carbocycles. The summed E-state index contributed by atoms with van der Waals surface area (Å²) in [6.45, 7) is 6.28. The van der Waals surface area contributed by atoms with Crippen LogP contribution in [0, 0.1) is 6.92 Å². The number of nitrogens with one attached hydrogen (secondary N) is 1. The van der Waals surface area contributed by atoms with E-state index >= 15 is 0 Å². The van der Waals surface area contributed by atoms with Gasteiger partial charge in [0.25, 0.3) is 0 Å². The van der Waals surface area contributed by atoms with E-state index in [1.54, 1.807) is 0 Å².